The molecule has 1 aliphatic heterocycles. The molecule has 2 aromatic rings. The standard InChI is InChI=1S/C20H21BrN2O4/c1-23(2)16-11-13(4-5-15(16)22)19(24)14(21)8-12-9-17(25-3)20-18(10-12)26-6-7-27-20/h4-5,8-11H,6-7,22H2,1-3H3. The van der Waals surface area contributed by atoms with Gasteiger partial charge in [0.2, 0.25) is 5.75 Å². The number of nitrogens with zero attached hydrogens (tertiary/aromatic N) is 1. The lowest BCUT2D eigenvalue weighted by Crippen LogP contribution is -2.16. The van der Waals surface area contributed by atoms with Crippen LogP contribution in [-0.4, -0.2) is 40.2 Å². The van der Waals surface area contributed by atoms with Crippen LogP contribution in [0.4, 0.5) is 11.4 Å². The second-order valence-electron chi connectivity index (χ2n) is 6.24. The van der Waals surface area contributed by atoms with Crippen molar-refractivity contribution in [1.29, 1.82) is 0 Å². The summed E-state index contributed by atoms with van der Waals surface area (Å²) in [5.41, 5.74) is 8.69. The van der Waals surface area contributed by atoms with Gasteiger partial charge in [0.05, 0.1) is 23.0 Å². The molecule has 0 amide bonds. The van der Waals surface area contributed by atoms with Crippen LogP contribution in [0.1, 0.15) is 15.9 Å². The van der Waals surface area contributed by atoms with E-state index in [0.717, 1.165) is 11.3 Å². The van der Waals surface area contributed by atoms with Gasteiger partial charge in [-0.05, 0) is 57.9 Å². The smallest absolute Gasteiger partial charge is 0.203 e. The Labute approximate surface area is 166 Å². The maximum absolute atomic E-state index is 12.8. The summed E-state index contributed by atoms with van der Waals surface area (Å²) in [6.45, 7) is 0.953. The first-order valence-corrected chi connectivity index (χ1v) is 9.16. The summed E-state index contributed by atoms with van der Waals surface area (Å²) in [6.07, 6.45) is 1.73. The number of carbonyl (C=O) groups excluding carboxylic acids is 1. The van der Waals surface area contributed by atoms with E-state index in [1.807, 2.05) is 25.1 Å². The average molecular weight is 433 g/mol. The van der Waals surface area contributed by atoms with Gasteiger partial charge in [-0.2, -0.15) is 0 Å². The lowest BCUT2D eigenvalue weighted by Gasteiger charge is -2.21. The van der Waals surface area contributed by atoms with Crippen LogP contribution in [0, 0.1) is 0 Å². The van der Waals surface area contributed by atoms with Crippen molar-refractivity contribution >= 4 is 39.2 Å². The van der Waals surface area contributed by atoms with Crippen molar-refractivity contribution in [2.45, 2.75) is 0 Å². The second kappa shape index (κ2) is 7.92. The van der Waals surface area contributed by atoms with Gasteiger partial charge in [0.15, 0.2) is 17.3 Å². The number of nitrogen functional groups attached to an aromatic ring is 1. The third-order valence-electron chi connectivity index (χ3n) is 4.14. The number of nitrogens with two attached hydrogens (primary N) is 1. The Bertz CT molecular complexity index is 892. The molecule has 0 aromatic heterocycles. The summed E-state index contributed by atoms with van der Waals surface area (Å²) in [6, 6.07) is 8.84. The third-order valence-corrected chi connectivity index (χ3v) is 4.72. The number of anilines is 2. The van der Waals surface area contributed by atoms with Gasteiger partial charge in [0.25, 0.3) is 0 Å². The molecule has 0 spiro atoms. The minimum absolute atomic E-state index is 0.146. The van der Waals surface area contributed by atoms with E-state index in [-0.39, 0.29) is 5.78 Å². The molecule has 7 heteroatoms. The highest BCUT2D eigenvalue weighted by molar-refractivity contribution is 9.12. The molecule has 2 N–H and O–H groups in total. The number of carbonyl (C=O) groups is 1. The summed E-state index contributed by atoms with van der Waals surface area (Å²) in [5, 5.41) is 0. The number of benzene rings is 2. The van der Waals surface area contributed by atoms with Crippen molar-refractivity contribution in [2.24, 2.45) is 0 Å². The highest BCUT2D eigenvalue weighted by Crippen LogP contribution is 2.41. The molecule has 0 bridgehead atoms. The van der Waals surface area contributed by atoms with Crippen molar-refractivity contribution in [3.05, 3.63) is 45.9 Å². The van der Waals surface area contributed by atoms with Crippen LogP contribution in [0.15, 0.2) is 34.8 Å². The molecule has 0 unspecified atom stereocenters. The highest BCUT2D eigenvalue weighted by Gasteiger charge is 2.19. The fourth-order valence-electron chi connectivity index (χ4n) is 2.80. The zero-order chi connectivity index (χ0) is 19.6. The molecular weight excluding hydrogens is 412 g/mol. The van der Waals surface area contributed by atoms with Gasteiger partial charge in [-0.15, -0.1) is 0 Å². The fourth-order valence-corrected chi connectivity index (χ4v) is 3.29. The van der Waals surface area contributed by atoms with Crippen molar-refractivity contribution in [3.8, 4) is 17.2 Å². The molecule has 142 valence electrons. The molecule has 0 saturated carbocycles. The maximum atomic E-state index is 12.8. The van der Waals surface area contributed by atoms with Gasteiger partial charge in [0.1, 0.15) is 13.2 Å². The van der Waals surface area contributed by atoms with Gasteiger partial charge in [-0.25, -0.2) is 0 Å². The molecule has 2 aromatic carbocycles. The fraction of sp³-hybridized carbons (Fsp3) is 0.250. The van der Waals surface area contributed by atoms with Crippen LogP contribution in [0.2, 0.25) is 0 Å². The van der Waals surface area contributed by atoms with Crippen molar-refractivity contribution < 1.29 is 19.0 Å². The topological polar surface area (TPSA) is 74.0 Å². The van der Waals surface area contributed by atoms with E-state index in [4.69, 9.17) is 19.9 Å². The van der Waals surface area contributed by atoms with E-state index in [0.29, 0.717) is 46.2 Å². The first kappa shape index (κ1) is 19.1. The second-order valence-corrected chi connectivity index (χ2v) is 7.09. The Balaban J connectivity index is 1.93. The SMILES string of the molecule is COc1cc(C=C(Br)C(=O)c2ccc(N)c(N(C)C)c2)cc2c1OCCO2. The van der Waals surface area contributed by atoms with E-state index in [1.54, 1.807) is 37.5 Å². The first-order valence-electron chi connectivity index (χ1n) is 8.37. The minimum atomic E-state index is -0.146. The lowest BCUT2D eigenvalue weighted by atomic mass is 10.1. The van der Waals surface area contributed by atoms with Crippen LogP contribution < -0.4 is 24.8 Å². The quantitative estimate of drug-likeness (QED) is 0.440. The molecule has 27 heavy (non-hydrogen) atoms. The molecule has 6 nitrogen and oxygen atoms in total. The van der Waals surface area contributed by atoms with E-state index in [9.17, 15) is 4.79 Å². The molecule has 3 rings (SSSR count). The number of rotatable bonds is 5. The van der Waals surface area contributed by atoms with E-state index >= 15 is 0 Å². The van der Waals surface area contributed by atoms with E-state index in [2.05, 4.69) is 15.9 Å². The number of hydrogen-bond acceptors (Lipinski definition) is 6. The number of hydrogen-bond donors (Lipinski definition) is 1. The lowest BCUT2D eigenvalue weighted by molar-refractivity contribution is 0.104. The minimum Gasteiger partial charge on any atom is -0.493 e. The summed E-state index contributed by atoms with van der Waals surface area (Å²) in [4.78, 5) is 14.7. The Kier molecular flexibility index (Phi) is 5.60. The van der Waals surface area contributed by atoms with E-state index < -0.39 is 0 Å². The predicted octanol–water partition coefficient (Wildman–Crippen LogP) is 3.73. The Morgan fingerprint density at radius 3 is 2.67 bits per heavy atom. The summed E-state index contributed by atoms with van der Waals surface area (Å²) >= 11 is 3.39. The summed E-state index contributed by atoms with van der Waals surface area (Å²) in [5.74, 6) is 1.60. The molecule has 0 aliphatic carbocycles. The molecule has 0 radical (unpaired) electrons. The number of Topliss-reactive ketones (excluding diaryl/α,β-unsaturated/α-hetero) is 1. The van der Waals surface area contributed by atoms with Crippen molar-refractivity contribution in [1.82, 2.24) is 0 Å². The van der Waals surface area contributed by atoms with Gasteiger partial charge in [-0.3, -0.25) is 4.79 Å². The van der Waals surface area contributed by atoms with Gasteiger partial charge >= 0.3 is 0 Å². The largest absolute Gasteiger partial charge is 0.493 e. The Morgan fingerprint density at radius 1 is 1.22 bits per heavy atom. The Hall–Kier alpha value is -2.67. The van der Waals surface area contributed by atoms with Crippen LogP contribution in [0.25, 0.3) is 6.08 Å². The van der Waals surface area contributed by atoms with Crippen LogP contribution in [0.5, 0.6) is 17.2 Å². The van der Waals surface area contributed by atoms with Crippen LogP contribution in [-0.2, 0) is 0 Å². The average Bonchev–Trinajstić information content (AvgIpc) is 2.66. The zero-order valence-electron chi connectivity index (χ0n) is 15.4. The molecule has 1 aliphatic rings. The predicted molar refractivity (Wildman–Crippen MR) is 110 cm³/mol. The van der Waals surface area contributed by atoms with Gasteiger partial charge in [0, 0.05) is 19.7 Å². The molecule has 0 fully saturated rings. The van der Waals surface area contributed by atoms with Crippen molar-refractivity contribution in [2.75, 3.05) is 45.1 Å². The number of fused-ring (bicyclic) bond motifs is 1. The normalized spacial score (nSPS) is 13.3. The summed E-state index contributed by atoms with van der Waals surface area (Å²) in [7, 11) is 5.33. The van der Waals surface area contributed by atoms with Gasteiger partial charge in [-0.1, -0.05) is 0 Å². The number of allylic oxidation sites excluding steroid dienone is 1. The number of ether oxygens (including phenoxy) is 3. The molecule has 1 heterocycles. The third kappa shape index (κ3) is 4.03. The number of halogens is 1. The zero-order valence-corrected chi connectivity index (χ0v) is 17.0. The van der Waals surface area contributed by atoms with Crippen molar-refractivity contribution in [3.63, 3.8) is 0 Å². The maximum Gasteiger partial charge on any atom is 0.203 e. The highest BCUT2D eigenvalue weighted by atomic mass is 79.9. The number of ketones is 1. The van der Waals surface area contributed by atoms with E-state index in [1.165, 1.54) is 0 Å². The van der Waals surface area contributed by atoms with Crippen LogP contribution >= 0.6 is 15.9 Å². The molecule has 0 saturated heterocycles. The first-order chi connectivity index (χ1) is 12.9. The Morgan fingerprint density at radius 2 is 1.96 bits per heavy atom. The monoisotopic (exact) mass is 432 g/mol. The molecule has 0 atom stereocenters. The van der Waals surface area contributed by atoms with Crippen LogP contribution in [0.3, 0.4) is 0 Å². The molecular formula is C20H21BrN2O4. The van der Waals surface area contributed by atoms with Gasteiger partial charge < -0.3 is 24.8 Å². The summed E-state index contributed by atoms with van der Waals surface area (Å²) < 4.78 is 17.0. The number of methoxy groups -OCH3 is 1.